The van der Waals surface area contributed by atoms with Gasteiger partial charge in [0.2, 0.25) is 5.91 Å². The molecule has 2 N–H and O–H groups in total. The van der Waals surface area contributed by atoms with Crippen LogP contribution in [0.1, 0.15) is 18.1 Å². The van der Waals surface area contributed by atoms with Gasteiger partial charge in [-0.3, -0.25) is 4.79 Å². The van der Waals surface area contributed by atoms with E-state index in [2.05, 4.69) is 0 Å². The first-order valence-electron chi connectivity index (χ1n) is 6.20. The summed E-state index contributed by atoms with van der Waals surface area (Å²) in [6.07, 6.45) is -4.35. The summed E-state index contributed by atoms with van der Waals surface area (Å²) in [5, 5.41) is 0. The van der Waals surface area contributed by atoms with Crippen LogP contribution in [0, 0.1) is 5.92 Å². The maximum absolute atomic E-state index is 12.5. The Morgan fingerprint density at radius 1 is 1.00 bits per heavy atom. The Morgan fingerprint density at radius 3 is 2.14 bits per heavy atom. The van der Waals surface area contributed by atoms with E-state index in [0.717, 1.165) is 17.7 Å². The van der Waals surface area contributed by atoms with Gasteiger partial charge < -0.3 is 5.73 Å². The molecule has 0 heterocycles. The first-order valence-corrected chi connectivity index (χ1v) is 6.20. The zero-order valence-corrected chi connectivity index (χ0v) is 11.2. The highest BCUT2D eigenvalue weighted by Gasteiger charge is 2.29. The van der Waals surface area contributed by atoms with Gasteiger partial charge in [0, 0.05) is 0 Å². The van der Waals surface area contributed by atoms with Crippen LogP contribution in [0.25, 0.3) is 11.1 Å². The van der Waals surface area contributed by atoms with Crippen molar-refractivity contribution in [1.29, 1.82) is 0 Å². The van der Waals surface area contributed by atoms with Gasteiger partial charge >= 0.3 is 6.18 Å². The lowest BCUT2D eigenvalue weighted by Crippen LogP contribution is -2.19. The molecule has 0 saturated carbocycles. The molecule has 0 atom stereocenters. The van der Waals surface area contributed by atoms with Crippen molar-refractivity contribution in [1.82, 2.24) is 0 Å². The summed E-state index contributed by atoms with van der Waals surface area (Å²) in [6, 6.07) is 11.8. The predicted molar refractivity (Wildman–Crippen MR) is 74.1 cm³/mol. The van der Waals surface area contributed by atoms with Crippen LogP contribution in [0.5, 0.6) is 0 Å². The first kappa shape index (κ1) is 15.1. The number of hydrogen-bond acceptors (Lipinski definition) is 1. The molecule has 0 fully saturated rings. The summed E-state index contributed by atoms with van der Waals surface area (Å²) in [4.78, 5) is 11.2. The van der Waals surface area contributed by atoms with E-state index < -0.39 is 17.6 Å². The molecule has 5 heteroatoms. The number of halogens is 3. The van der Waals surface area contributed by atoms with E-state index in [9.17, 15) is 18.0 Å². The number of alkyl halides is 3. The van der Waals surface area contributed by atoms with E-state index in [1.807, 2.05) is 0 Å². The second-order valence-corrected chi connectivity index (χ2v) is 4.65. The fourth-order valence-corrected chi connectivity index (χ4v) is 1.93. The number of primary amides is 1. The van der Waals surface area contributed by atoms with Crippen molar-refractivity contribution >= 4 is 5.91 Å². The molecule has 2 nitrogen and oxygen atoms in total. The zero-order valence-electron chi connectivity index (χ0n) is 11.2. The van der Waals surface area contributed by atoms with Crippen molar-refractivity contribution in [3.63, 3.8) is 0 Å². The number of hydrogen-bond donors (Lipinski definition) is 1. The number of carbonyl (C=O) groups is 1. The smallest absolute Gasteiger partial charge is 0.369 e. The number of benzene rings is 2. The highest BCUT2D eigenvalue weighted by atomic mass is 19.4. The highest BCUT2D eigenvalue weighted by molar-refractivity contribution is 5.92. The molecule has 0 unspecified atom stereocenters. The Bertz CT molecular complexity index is 647. The average molecular weight is 292 g/mol. The van der Waals surface area contributed by atoms with Gasteiger partial charge in [-0.15, -0.1) is 0 Å². The van der Waals surface area contributed by atoms with Gasteiger partial charge in [0.05, 0.1) is 11.5 Å². The number of carbonyl (C=O) groups excluding carboxylic acids is 1. The van der Waals surface area contributed by atoms with Crippen molar-refractivity contribution in [2.45, 2.75) is 13.1 Å². The summed E-state index contributed by atoms with van der Waals surface area (Å²) in [6.45, 7) is 1.61. The largest absolute Gasteiger partial charge is 0.416 e. The standard InChI is InChI=1S/C16H13F3NO/c1-10(15(20)21)12-3-2-4-13(9-12)11-5-7-14(8-6-11)16(17,18)19/h2-9H,1H3,(H2,20,21). The van der Waals surface area contributed by atoms with Crippen LogP contribution in [0.3, 0.4) is 0 Å². The number of rotatable bonds is 3. The zero-order chi connectivity index (χ0) is 15.6. The van der Waals surface area contributed by atoms with Crippen molar-refractivity contribution in [2.75, 3.05) is 0 Å². The fraction of sp³-hybridized carbons (Fsp3) is 0.125. The third kappa shape index (κ3) is 3.42. The van der Waals surface area contributed by atoms with Crippen LogP contribution in [0.2, 0.25) is 0 Å². The number of nitrogens with two attached hydrogens (primary N) is 1. The van der Waals surface area contributed by atoms with Gasteiger partial charge in [-0.2, -0.15) is 13.2 Å². The van der Waals surface area contributed by atoms with Gasteiger partial charge in [0.15, 0.2) is 0 Å². The monoisotopic (exact) mass is 292 g/mol. The van der Waals surface area contributed by atoms with Crippen LogP contribution < -0.4 is 5.73 Å². The van der Waals surface area contributed by atoms with Crippen LogP contribution in [-0.2, 0) is 11.0 Å². The van der Waals surface area contributed by atoms with Gasteiger partial charge in [0.1, 0.15) is 0 Å². The van der Waals surface area contributed by atoms with Gasteiger partial charge in [-0.25, -0.2) is 0 Å². The molecule has 2 rings (SSSR count). The fourth-order valence-electron chi connectivity index (χ4n) is 1.93. The molecule has 0 aliphatic rings. The molecule has 1 amide bonds. The molecule has 1 radical (unpaired) electrons. The molecular formula is C16H13F3NO. The summed E-state index contributed by atoms with van der Waals surface area (Å²) in [7, 11) is 0. The van der Waals surface area contributed by atoms with E-state index in [1.54, 1.807) is 31.2 Å². The Balaban J connectivity index is 2.34. The summed E-state index contributed by atoms with van der Waals surface area (Å²) < 4.78 is 37.6. The van der Waals surface area contributed by atoms with E-state index in [0.29, 0.717) is 17.0 Å². The molecule has 0 saturated heterocycles. The minimum atomic E-state index is -4.35. The second kappa shape index (κ2) is 5.60. The minimum Gasteiger partial charge on any atom is -0.369 e. The Labute approximate surface area is 120 Å². The summed E-state index contributed by atoms with van der Waals surface area (Å²) in [5.41, 5.74) is 6.55. The Hall–Kier alpha value is -2.30. The van der Waals surface area contributed by atoms with Crippen LogP contribution in [0.15, 0.2) is 48.5 Å². The maximum atomic E-state index is 12.5. The summed E-state index contributed by atoms with van der Waals surface area (Å²) in [5.74, 6) is -0.122. The van der Waals surface area contributed by atoms with Crippen molar-refractivity contribution in [2.24, 2.45) is 5.73 Å². The van der Waals surface area contributed by atoms with Crippen molar-refractivity contribution < 1.29 is 18.0 Å². The van der Waals surface area contributed by atoms with E-state index in [4.69, 9.17) is 5.73 Å². The Morgan fingerprint density at radius 2 is 1.62 bits per heavy atom. The lowest BCUT2D eigenvalue weighted by atomic mass is 9.95. The van der Waals surface area contributed by atoms with Gasteiger partial charge in [-0.05, 0) is 35.7 Å². The second-order valence-electron chi connectivity index (χ2n) is 4.65. The van der Waals surface area contributed by atoms with Crippen molar-refractivity contribution in [3.8, 4) is 11.1 Å². The van der Waals surface area contributed by atoms with Gasteiger partial charge in [-0.1, -0.05) is 36.4 Å². The third-order valence-corrected chi connectivity index (χ3v) is 3.21. The predicted octanol–water partition coefficient (Wildman–Crippen LogP) is 3.80. The lowest BCUT2D eigenvalue weighted by molar-refractivity contribution is -0.137. The highest BCUT2D eigenvalue weighted by Crippen LogP contribution is 2.31. The van der Waals surface area contributed by atoms with Crippen LogP contribution in [0.4, 0.5) is 13.2 Å². The first-order chi connectivity index (χ1) is 9.79. The molecule has 0 aliphatic carbocycles. The molecule has 0 aromatic heterocycles. The molecular weight excluding hydrogens is 279 g/mol. The third-order valence-electron chi connectivity index (χ3n) is 3.21. The molecule has 0 aliphatic heterocycles. The Kier molecular flexibility index (Phi) is 4.02. The van der Waals surface area contributed by atoms with Crippen molar-refractivity contribution in [3.05, 3.63) is 65.6 Å². The maximum Gasteiger partial charge on any atom is 0.416 e. The number of amides is 1. The minimum absolute atomic E-state index is 0.406. The van der Waals surface area contributed by atoms with E-state index >= 15 is 0 Å². The molecule has 2 aromatic rings. The SMILES string of the molecule is C[C](C(N)=O)c1cccc(-c2ccc(C(F)(F)F)cc2)c1. The molecule has 109 valence electrons. The lowest BCUT2D eigenvalue weighted by Gasteiger charge is -2.10. The topological polar surface area (TPSA) is 43.1 Å². The summed E-state index contributed by atoms with van der Waals surface area (Å²) >= 11 is 0. The molecule has 2 aromatic carbocycles. The average Bonchev–Trinajstić information content (AvgIpc) is 2.46. The molecule has 21 heavy (non-hydrogen) atoms. The molecule has 0 spiro atoms. The van der Waals surface area contributed by atoms with Gasteiger partial charge in [0.25, 0.3) is 0 Å². The van der Waals surface area contributed by atoms with Crippen LogP contribution >= 0.6 is 0 Å². The van der Waals surface area contributed by atoms with E-state index in [1.165, 1.54) is 12.1 Å². The normalized spacial score (nSPS) is 11.7. The van der Waals surface area contributed by atoms with Crippen LogP contribution in [-0.4, -0.2) is 5.91 Å². The van der Waals surface area contributed by atoms with E-state index in [-0.39, 0.29) is 0 Å². The quantitative estimate of drug-likeness (QED) is 0.918. The molecule has 0 bridgehead atoms.